The zero-order valence-corrected chi connectivity index (χ0v) is 16.0. The van der Waals surface area contributed by atoms with Gasteiger partial charge in [0.25, 0.3) is 5.91 Å². The molecule has 1 aliphatic heterocycles. The predicted octanol–water partition coefficient (Wildman–Crippen LogP) is 4.03. The molecule has 0 bridgehead atoms. The third kappa shape index (κ3) is 5.62. The lowest BCUT2D eigenvalue weighted by Gasteiger charge is -2.09. The summed E-state index contributed by atoms with van der Waals surface area (Å²) in [6.45, 7) is 3.32. The number of hydrogen-bond acceptors (Lipinski definition) is 5. The van der Waals surface area contributed by atoms with E-state index in [1.54, 1.807) is 6.08 Å². The monoisotopic (exact) mass is 382 g/mol. The molecule has 0 aromatic heterocycles. The third-order valence-electron chi connectivity index (χ3n) is 3.97. The van der Waals surface area contributed by atoms with E-state index in [1.807, 2.05) is 36.4 Å². The van der Waals surface area contributed by atoms with Crippen LogP contribution in [0.4, 0.5) is 0 Å². The fraction of sp³-hybridized carbons (Fsp3) is 0.238. The lowest BCUT2D eigenvalue weighted by Crippen LogP contribution is -2.05. The SMILES string of the molecule is CCc1ccc(OCCCOc2ccc(/C=C3\SC(N)=NC3=O)cc2)cc1. The summed E-state index contributed by atoms with van der Waals surface area (Å²) in [5.74, 6) is 1.38. The van der Waals surface area contributed by atoms with Crippen LogP contribution < -0.4 is 15.2 Å². The van der Waals surface area contributed by atoms with Gasteiger partial charge in [-0.15, -0.1) is 0 Å². The normalized spacial score (nSPS) is 15.1. The molecule has 3 rings (SSSR count). The molecule has 0 saturated carbocycles. The van der Waals surface area contributed by atoms with Crippen molar-refractivity contribution >= 4 is 28.9 Å². The first-order valence-electron chi connectivity index (χ1n) is 8.86. The van der Waals surface area contributed by atoms with E-state index in [0.717, 1.165) is 29.9 Å². The summed E-state index contributed by atoms with van der Waals surface area (Å²) in [5, 5.41) is 0.287. The van der Waals surface area contributed by atoms with Crippen molar-refractivity contribution in [2.24, 2.45) is 10.7 Å². The fourth-order valence-electron chi connectivity index (χ4n) is 2.50. The number of nitrogens with two attached hydrogens (primary N) is 1. The quantitative estimate of drug-likeness (QED) is 0.551. The van der Waals surface area contributed by atoms with Gasteiger partial charge in [0.1, 0.15) is 11.5 Å². The molecule has 2 aromatic rings. The molecule has 0 aliphatic carbocycles. The molecule has 5 nitrogen and oxygen atoms in total. The van der Waals surface area contributed by atoms with Crippen molar-refractivity contribution in [1.29, 1.82) is 0 Å². The summed E-state index contributed by atoms with van der Waals surface area (Å²) in [5.41, 5.74) is 7.75. The molecular weight excluding hydrogens is 360 g/mol. The number of carbonyl (C=O) groups excluding carboxylic acids is 1. The molecule has 0 fully saturated rings. The molecule has 2 aromatic carbocycles. The molecule has 0 atom stereocenters. The summed E-state index contributed by atoms with van der Waals surface area (Å²) < 4.78 is 11.4. The van der Waals surface area contributed by atoms with Gasteiger partial charge in [0.05, 0.1) is 18.1 Å². The molecule has 0 saturated heterocycles. The summed E-state index contributed by atoms with van der Waals surface area (Å²) in [6.07, 6.45) is 3.60. The lowest BCUT2D eigenvalue weighted by atomic mass is 10.2. The third-order valence-corrected chi connectivity index (χ3v) is 4.79. The van der Waals surface area contributed by atoms with E-state index in [4.69, 9.17) is 15.2 Å². The van der Waals surface area contributed by atoms with E-state index in [1.165, 1.54) is 17.3 Å². The van der Waals surface area contributed by atoms with Crippen molar-refractivity contribution in [3.8, 4) is 11.5 Å². The van der Waals surface area contributed by atoms with Crippen LogP contribution in [0.3, 0.4) is 0 Å². The highest BCUT2D eigenvalue weighted by Crippen LogP contribution is 2.26. The minimum Gasteiger partial charge on any atom is -0.493 e. The number of thioether (sulfide) groups is 1. The zero-order chi connectivity index (χ0) is 19.1. The van der Waals surface area contributed by atoms with Crippen molar-refractivity contribution in [2.75, 3.05) is 13.2 Å². The number of rotatable bonds is 8. The van der Waals surface area contributed by atoms with E-state index in [9.17, 15) is 4.79 Å². The Balaban J connectivity index is 1.40. The topological polar surface area (TPSA) is 73.9 Å². The Kier molecular flexibility index (Phi) is 6.54. The molecule has 140 valence electrons. The Bertz CT molecular complexity index is 843. The Morgan fingerprint density at radius 1 is 1.00 bits per heavy atom. The average Bonchev–Trinajstić information content (AvgIpc) is 3.00. The maximum absolute atomic E-state index is 11.6. The minimum atomic E-state index is -0.290. The Morgan fingerprint density at radius 2 is 1.59 bits per heavy atom. The molecule has 1 heterocycles. The van der Waals surface area contributed by atoms with E-state index in [-0.39, 0.29) is 11.1 Å². The maximum atomic E-state index is 11.6. The number of amidine groups is 1. The van der Waals surface area contributed by atoms with Crippen molar-refractivity contribution in [2.45, 2.75) is 19.8 Å². The first-order chi connectivity index (χ1) is 13.1. The van der Waals surface area contributed by atoms with Gasteiger partial charge in [-0.1, -0.05) is 31.2 Å². The van der Waals surface area contributed by atoms with Gasteiger partial charge in [-0.3, -0.25) is 4.79 Å². The van der Waals surface area contributed by atoms with Gasteiger partial charge in [0.2, 0.25) is 0 Å². The van der Waals surface area contributed by atoms with E-state index >= 15 is 0 Å². The zero-order valence-electron chi connectivity index (χ0n) is 15.2. The highest BCUT2D eigenvalue weighted by atomic mass is 32.2. The van der Waals surface area contributed by atoms with Gasteiger partial charge in [-0.05, 0) is 59.7 Å². The summed E-state index contributed by atoms with van der Waals surface area (Å²) in [7, 11) is 0. The molecule has 2 N–H and O–H groups in total. The molecule has 6 heteroatoms. The van der Waals surface area contributed by atoms with E-state index in [0.29, 0.717) is 18.1 Å². The van der Waals surface area contributed by atoms with Crippen LogP contribution in [0.2, 0.25) is 0 Å². The Labute approximate surface area is 163 Å². The minimum absolute atomic E-state index is 0.287. The number of amides is 1. The van der Waals surface area contributed by atoms with E-state index in [2.05, 4.69) is 24.0 Å². The highest BCUT2D eigenvalue weighted by molar-refractivity contribution is 8.18. The standard InChI is InChI=1S/C21H22N2O3S/c1-2-15-4-8-17(9-5-15)25-12-3-13-26-18-10-6-16(7-11-18)14-19-20(24)23-21(22)27-19/h4-11,14H,2-3,12-13H2,1H3,(H2,22,23,24)/b19-14-. The number of carbonyl (C=O) groups is 1. The van der Waals surface area contributed by atoms with Crippen molar-refractivity contribution < 1.29 is 14.3 Å². The second-order valence-corrected chi connectivity index (χ2v) is 7.05. The number of nitrogens with zero attached hydrogens (tertiary/aromatic N) is 1. The molecule has 0 radical (unpaired) electrons. The van der Waals surface area contributed by atoms with Crippen LogP contribution in [0.1, 0.15) is 24.5 Å². The van der Waals surface area contributed by atoms with Crippen LogP contribution in [0.25, 0.3) is 6.08 Å². The summed E-state index contributed by atoms with van der Waals surface area (Å²) in [4.78, 5) is 15.8. The fourth-order valence-corrected chi connectivity index (χ4v) is 3.18. The maximum Gasteiger partial charge on any atom is 0.286 e. The van der Waals surface area contributed by atoms with Crippen LogP contribution in [-0.4, -0.2) is 24.3 Å². The second-order valence-electron chi connectivity index (χ2n) is 5.98. The first kappa shape index (κ1) is 19.0. The Hall–Kier alpha value is -2.73. The molecular formula is C21H22N2O3S. The number of benzene rings is 2. The molecule has 27 heavy (non-hydrogen) atoms. The molecule has 1 amide bonds. The van der Waals surface area contributed by atoms with Gasteiger partial charge in [0, 0.05) is 6.42 Å². The van der Waals surface area contributed by atoms with Crippen LogP contribution in [0, 0.1) is 0 Å². The Morgan fingerprint density at radius 3 is 2.11 bits per heavy atom. The predicted molar refractivity (Wildman–Crippen MR) is 110 cm³/mol. The average molecular weight is 382 g/mol. The lowest BCUT2D eigenvalue weighted by molar-refractivity contribution is -0.113. The van der Waals surface area contributed by atoms with Gasteiger partial charge in [-0.25, -0.2) is 0 Å². The van der Waals surface area contributed by atoms with Crippen molar-refractivity contribution in [3.05, 3.63) is 64.6 Å². The summed E-state index contributed by atoms with van der Waals surface area (Å²) >= 11 is 1.19. The van der Waals surface area contributed by atoms with Crippen molar-refractivity contribution in [1.82, 2.24) is 0 Å². The van der Waals surface area contributed by atoms with Crippen LogP contribution in [-0.2, 0) is 11.2 Å². The number of hydrogen-bond donors (Lipinski definition) is 1. The molecule has 0 unspecified atom stereocenters. The highest BCUT2D eigenvalue weighted by Gasteiger charge is 2.19. The van der Waals surface area contributed by atoms with Gasteiger partial charge >= 0.3 is 0 Å². The van der Waals surface area contributed by atoms with Gasteiger partial charge in [-0.2, -0.15) is 4.99 Å². The largest absolute Gasteiger partial charge is 0.493 e. The van der Waals surface area contributed by atoms with E-state index < -0.39 is 0 Å². The number of ether oxygens (including phenoxy) is 2. The van der Waals surface area contributed by atoms with Gasteiger partial charge < -0.3 is 15.2 Å². The number of aliphatic imine (C=N–C) groups is 1. The summed E-state index contributed by atoms with van der Waals surface area (Å²) in [6, 6.07) is 15.7. The smallest absolute Gasteiger partial charge is 0.286 e. The molecule has 0 spiro atoms. The second kappa shape index (κ2) is 9.28. The first-order valence-corrected chi connectivity index (χ1v) is 9.68. The van der Waals surface area contributed by atoms with Crippen LogP contribution in [0.5, 0.6) is 11.5 Å². The van der Waals surface area contributed by atoms with Crippen LogP contribution in [0.15, 0.2) is 58.4 Å². The van der Waals surface area contributed by atoms with Crippen molar-refractivity contribution in [3.63, 3.8) is 0 Å². The van der Waals surface area contributed by atoms with Crippen LogP contribution >= 0.6 is 11.8 Å². The number of aryl methyl sites for hydroxylation is 1. The van der Waals surface area contributed by atoms with Gasteiger partial charge in [0.15, 0.2) is 5.17 Å². The molecule has 1 aliphatic rings.